The number of nitrogens with zero attached hydrogens (tertiary/aromatic N) is 4. The Labute approximate surface area is 173 Å². The summed E-state index contributed by atoms with van der Waals surface area (Å²) in [6.45, 7) is 1.71. The normalized spacial score (nSPS) is 15.6. The van der Waals surface area contributed by atoms with Crippen molar-refractivity contribution in [1.29, 1.82) is 0 Å². The first-order valence-corrected chi connectivity index (χ1v) is 9.53. The molecular weight excluding hydrogens is 380 g/mol. The SMILES string of the molecule is Cc1nc(C(=O)N[C@H]2CCc3ccc(C#Cc4ccncc4)cc3N(C)C2=O)n[nH]1. The molecule has 0 aliphatic carbocycles. The second kappa shape index (κ2) is 8.17. The number of aryl methyl sites for hydroxylation is 2. The lowest BCUT2D eigenvalue weighted by molar-refractivity contribution is -0.120. The number of aromatic nitrogens is 4. The van der Waals surface area contributed by atoms with Gasteiger partial charge in [0.15, 0.2) is 0 Å². The summed E-state index contributed by atoms with van der Waals surface area (Å²) in [5, 5.41) is 9.24. The number of likely N-dealkylation sites (N-methyl/N-ethyl adjacent to an activating group) is 1. The number of carbonyl (C=O) groups is 2. The topological polar surface area (TPSA) is 104 Å². The molecule has 0 unspecified atom stereocenters. The Bertz CT molecular complexity index is 1160. The van der Waals surface area contributed by atoms with Crippen LogP contribution in [-0.4, -0.2) is 45.1 Å². The molecule has 0 fully saturated rings. The van der Waals surface area contributed by atoms with Gasteiger partial charge in [-0.25, -0.2) is 4.98 Å². The molecule has 0 saturated heterocycles. The zero-order valence-corrected chi connectivity index (χ0v) is 16.6. The smallest absolute Gasteiger partial charge is 0.291 e. The van der Waals surface area contributed by atoms with Gasteiger partial charge in [0.2, 0.25) is 11.7 Å². The molecule has 0 bridgehead atoms. The van der Waals surface area contributed by atoms with E-state index in [2.05, 4.69) is 37.3 Å². The summed E-state index contributed by atoms with van der Waals surface area (Å²) in [5.41, 5.74) is 3.51. The quantitative estimate of drug-likeness (QED) is 0.636. The first kappa shape index (κ1) is 19.3. The van der Waals surface area contributed by atoms with Crippen LogP contribution in [0.15, 0.2) is 42.7 Å². The van der Waals surface area contributed by atoms with Crippen LogP contribution in [0.25, 0.3) is 0 Å². The summed E-state index contributed by atoms with van der Waals surface area (Å²) >= 11 is 0. The van der Waals surface area contributed by atoms with Gasteiger partial charge in [-0.2, -0.15) is 0 Å². The van der Waals surface area contributed by atoms with Crippen molar-refractivity contribution in [2.24, 2.45) is 0 Å². The van der Waals surface area contributed by atoms with Gasteiger partial charge >= 0.3 is 0 Å². The lowest BCUT2D eigenvalue weighted by atomic mass is 10.0. The Morgan fingerprint density at radius 2 is 1.97 bits per heavy atom. The van der Waals surface area contributed by atoms with E-state index in [-0.39, 0.29) is 11.7 Å². The maximum Gasteiger partial charge on any atom is 0.291 e. The number of hydrogen-bond acceptors (Lipinski definition) is 5. The molecule has 8 heteroatoms. The number of amides is 2. The number of nitrogens with one attached hydrogen (secondary N) is 2. The van der Waals surface area contributed by atoms with Crippen molar-refractivity contribution in [3.8, 4) is 11.8 Å². The minimum atomic E-state index is -0.653. The molecule has 1 aliphatic heterocycles. The summed E-state index contributed by atoms with van der Waals surface area (Å²) in [4.78, 5) is 35.0. The van der Waals surface area contributed by atoms with Gasteiger partial charge in [0.1, 0.15) is 11.9 Å². The fourth-order valence-electron chi connectivity index (χ4n) is 3.32. The molecule has 2 amide bonds. The van der Waals surface area contributed by atoms with Crippen LogP contribution in [0, 0.1) is 18.8 Å². The third-order valence-electron chi connectivity index (χ3n) is 4.91. The average molecular weight is 400 g/mol. The van der Waals surface area contributed by atoms with Crippen LogP contribution < -0.4 is 10.2 Å². The van der Waals surface area contributed by atoms with E-state index in [1.807, 2.05) is 30.3 Å². The van der Waals surface area contributed by atoms with Crippen molar-refractivity contribution in [2.75, 3.05) is 11.9 Å². The van der Waals surface area contributed by atoms with E-state index in [1.165, 1.54) is 0 Å². The van der Waals surface area contributed by atoms with Gasteiger partial charge in [0.25, 0.3) is 5.91 Å². The number of hydrogen-bond donors (Lipinski definition) is 2. The van der Waals surface area contributed by atoms with Gasteiger partial charge in [-0.1, -0.05) is 17.9 Å². The minimum absolute atomic E-state index is 0.0263. The molecule has 1 aromatic carbocycles. The Kier molecular flexibility index (Phi) is 5.26. The Morgan fingerprint density at radius 3 is 2.70 bits per heavy atom. The molecule has 3 aromatic rings. The number of H-pyrrole nitrogens is 1. The lowest BCUT2D eigenvalue weighted by Crippen LogP contribution is -2.47. The molecule has 1 aliphatic rings. The van der Waals surface area contributed by atoms with Crippen LogP contribution in [0.1, 0.15) is 39.6 Å². The van der Waals surface area contributed by atoms with E-state index in [1.54, 1.807) is 31.3 Å². The van der Waals surface area contributed by atoms with Crippen LogP contribution in [0.5, 0.6) is 0 Å². The summed E-state index contributed by atoms with van der Waals surface area (Å²) in [7, 11) is 1.71. The monoisotopic (exact) mass is 400 g/mol. The molecule has 0 spiro atoms. The van der Waals surface area contributed by atoms with Crippen molar-refractivity contribution >= 4 is 17.5 Å². The van der Waals surface area contributed by atoms with Gasteiger partial charge in [-0.3, -0.25) is 19.7 Å². The first-order chi connectivity index (χ1) is 14.5. The molecule has 30 heavy (non-hydrogen) atoms. The van der Waals surface area contributed by atoms with Gasteiger partial charge in [-0.05, 0) is 49.6 Å². The average Bonchev–Trinajstić information content (AvgIpc) is 3.17. The van der Waals surface area contributed by atoms with Gasteiger partial charge in [-0.15, -0.1) is 5.10 Å². The van der Waals surface area contributed by atoms with Crippen molar-refractivity contribution < 1.29 is 9.59 Å². The number of pyridine rings is 1. The molecule has 3 heterocycles. The fraction of sp³-hybridized carbons (Fsp3) is 0.227. The lowest BCUT2D eigenvalue weighted by Gasteiger charge is -2.22. The maximum atomic E-state index is 13.0. The molecule has 2 aromatic heterocycles. The number of aromatic amines is 1. The van der Waals surface area contributed by atoms with E-state index < -0.39 is 11.9 Å². The number of fused-ring (bicyclic) bond motifs is 1. The highest BCUT2D eigenvalue weighted by molar-refractivity contribution is 6.02. The Hall–Kier alpha value is -3.99. The third-order valence-corrected chi connectivity index (χ3v) is 4.91. The van der Waals surface area contributed by atoms with Crippen molar-refractivity contribution in [3.63, 3.8) is 0 Å². The first-order valence-electron chi connectivity index (χ1n) is 9.53. The molecule has 0 radical (unpaired) electrons. The van der Waals surface area contributed by atoms with Crippen LogP contribution in [0.4, 0.5) is 5.69 Å². The summed E-state index contributed by atoms with van der Waals surface area (Å²) in [6, 6.07) is 8.87. The molecular formula is C22H20N6O2. The van der Waals surface area contributed by atoms with Gasteiger partial charge < -0.3 is 10.2 Å². The number of rotatable bonds is 2. The van der Waals surface area contributed by atoms with E-state index in [4.69, 9.17) is 0 Å². The zero-order valence-electron chi connectivity index (χ0n) is 16.6. The Morgan fingerprint density at radius 1 is 1.20 bits per heavy atom. The fourth-order valence-corrected chi connectivity index (χ4v) is 3.32. The van der Waals surface area contributed by atoms with E-state index in [0.717, 1.165) is 22.4 Å². The molecule has 4 rings (SSSR count). The van der Waals surface area contributed by atoms with Crippen molar-refractivity contribution in [3.05, 3.63) is 71.1 Å². The maximum absolute atomic E-state index is 13.0. The third kappa shape index (κ3) is 4.05. The Balaban J connectivity index is 1.54. The molecule has 8 nitrogen and oxygen atoms in total. The molecule has 0 saturated carbocycles. The predicted octanol–water partition coefficient (Wildman–Crippen LogP) is 1.62. The number of benzene rings is 1. The predicted molar refractivity (Wildman–Crippen MR) is 111 cm³/mol. The standard InChI is InChI=1S/C22H20N6O2/c1-14-24-20(27-26-14)21(29)25-18-8-7-17-6-5-16(13-19(17)28(2)22(18)30)4-3-15-9-11-23-12-10-15/h5-6,9-13,18H,7-8H2,1-2H3,(H,25,29)(H,24,26,27)/t18-/m0/s1. The van der Waals surface area contributed by atoms with Crippen molar-refractivity contribution in [1.82, 2.24) is 25.5 Å². The highest BCUT2D eigenvalue weighted by Crippen LogP contribution is 2.27. The number of carbonyl (C=O) groups excluding carboxylic acids is 2. The highest BCUT2D eigenvalue weighted by atomic mass is 16.2. The van der Waals surface area contributed by atoms with Crippen LogP contribution >= 0.6 is 0 Å². The zero-order chi connectivity index (χ0) is 21.1. The summed E-state index contributed by atoms with van der Waals surface area (Å²) < 4.78 is 0. The second-order valence-electron chi connectivity index (χ2n) is 7.04. The minimum Gasteiger partial charge on any atom is -0.337 e. The molecule has 150 valence electrons. The van der Waals surface area contributed by atoms with Crippen LogP contribution in [-0.2, 0) is 11.2 Å². The van der Waals surface area contributed by atoms with E-state index in [9.17, 15) is 9.59 Å². The molecule has 1 atom stereocenters. The van der Waals surface area contributed by atoms with Crippen molar-refractivity contribution in [2.45, 2.75) is 25.8 Å². The highest BCUT2D eigenvalue weighted by Gasteiger charge is 2.30. The van der Waals surface area contributed by atoms with Crippen LogP contribution in [0.2, 0.25) is 0 Å². The largest absolute Gasteiger partial charge is 0.337 e. The van der Waals surface area contributed by atoms with Crippen LogP contribution in [0.3, 0.4) is 0 Å². The summed E-state index contributed by atoms with van der Waals surface area (Å²) in [5.74, 6) is 6.13. The van der Waals surface area contributed by atoms with E-state index in [0.29, 0.717) is 18.7 Å². The van der Waals surface area contributed by atoms with E-state index >= 15 is 0 Å². The van der Waals surface area contributed by atoms with Gasteiger partial charge in [0.05, 0.1) is 0 Å². The second-order valence-corrected chi connectivity index (χ2v) is 7.04. The van der Waals surface area contributed by atoms with Gasteiger partial charge in [0, 0.05) is 36.3 Å². The summed E-state index contributed by atoms with van der Waals surface area (Å²) in [6.07, 6.45) is 4.54. The molecule has 2 N–H and O–H groups in total. The number of anilines is 1.